The van der Waals surface area contributed by atoms with Crippen molar-refractivity contribution in [2.45, 2.75) is 6.54 Å². The summed E-state index contributed by atoms with van der Waals surface area (Å²) in [5.41, 5.74) is 1.94. The zero-order valence-corrected chi connectivity index (χ0v) is 13.2. The van der Waals surface area contributed by atoms with E-state index in [9.17, 15) is 4.79 Å². The number of amides is 1. The first-order chi connectivity index (χ1) is 11.8. The third-order valence-electron chi connectivity index (χ3n) is 3.85. The highest BCUT2D eigenvalue weighted by Crippen LogP contribution is 2.14. The second kappa shape index (κ2) is 7.57. The van der Waals surface area contributed by atoms with Crippen LogP contribution in [0, 0.1) is 11.3 Å². The number of nitriles is 1. The maximum Gasteiger partial charge on any atom is 0.251 e. The molecule has 2 aromatic rings. The Bertz CT molecular complexity index is 764. The fourth-order valence-electron chi connectivity index (χ4n) is 2.55. The summed E-state index contributed by atoms with van der Waals surface area (Å²) in [4.78, 5) is 18.8. The zero-order valence-electron chi connectivity index (χ0n) is 13.2. The monoisotopic (exact) mass is 322 g/mol. The summed E-state index contributed by atoms with van der Waals surface area (Å²) in [7, 11) is 0. The predicted molar refractivity (Wildman–Crippen MR) is 89.6 cm³/mol. The fourth-order valence-corrected chi connectivity index (χ4v) is 2.55. The lowest BCUT2D eigenvalue weighted by Gasteiger charge is -2.28. The highest BCUT2D eigenvalue weighted by atomic mass is 16.5. The molecule has 1 saturated heterocycles. The number of aromatic nitrogens is 1. The molecule has 0 aliphatic carbocycles. The lowest BCUT2D eigenvalue weighted by atomic mass is 10.1. The van der Waals surface area contributed by atoms with E-state index in [2.05, 4.69) is 15.2 Å². The summed E-state index contributed by atoms with van der Waals surface area (Å²) in [6.45, 7) is 3.47. The molecule has 6 heteroatoms. The maximum atomic E-state index is 12.2. The molecule has 1 fully saturated rings. The van der Waals surface area contributed by atoms with E-state index in [-0.39, 0.29) is 5.91 Å². The van der Waals surface area contributed by atoms with E-state index in [4.69, 9.17) is 10.00 Å². The molecule has 1 aliphatic rings. The molecule has 122 valence electrons. The van der Waals surface area contributed by atoms with Gasteiger partial charge in [0.2, 0.25) is 0 Å². The van der Waals surface area contributed by atoms with Crippen molar-refractivity contribution >= 4 is 11.7 Å². The van der Waals surface area contributed by atoms with Crippen LogP contribution in [0.1, 0.15) is 21.5 Å². The number of nitrogens with one attached hydrogen (secondary N) is 1. The van der Waals surface area contributed by atoms with Crippen molar-refractivity contribution in [2.75, 3.05) is 31.2 Å². The minimum atomic E-state index is -0.197. The Kier molecular flexibility index (Phi) is 5.04. The Morgan fingerprint density at radius 2 is 2.12 bits per heavy atom. The summed E-state index contributed by atoms with van der Waals surface area (Å²) >= 11 is 0. The summed E-state index contributed by atoms with van der Waals surface area (Å²) in [5.74, 6) is 0.702. The van der Waals surface area contributed by atoms with Crippen LogP contribution in [0.3, 0.4) is 0 Å². The summed E-state index contributed by atoms with van der Waals surface area (Å²) in [5, 5.41) is 11.8. The first kappa shape index (κ1) is 16.0. The van der Waals surface area contributed by atoms with Gasteiger partial charge >= 0.3 is 0 Å². The number of pyridine rings is 1. The summed E-state index contributed by atoms with van der Waals surface area (Å²) in [6, 6.07) is 12.6. The highest BCUT2D eigenvalue weighted by molar-refractivity contribution is 5.94. The van der Waals surface area contributed by atoms with Gasteiger partial charge in [0.25, 0.3) is 5.91 Å². The molecule has 0 spiro atoms. The van der Waals surface area contributed by atoms with E-state index >= 15 is 0 Å². The Balaban J connectivity index is 1.63. The molecule has 0 saturated carbocycles. The topological polar surface area (TPSA) is 78.2 Å². The minimum absolute atomic E-state index is 0.197. The third-order valence-corrected chi connectivity index (χ3v) is 3.85. The highest BCUT2D eigenvalue weighted by Gasteiger charge is 2.13. The number of carbonyl (C=O) groups excluding carboxylic acids is 1. The van der Waals surface area contributed by atoms with Crippen molar-refractivity contribution in [3.05, 3.63) is 59.3 Å². The number of benzene rings is 1. The average molecular weight is 322 g/mol. The van der Waals surface area contributed by atoms with Crippen LogP contribution in [0.15, 0.2) is 42.6 Å². The Labute approximate surface area is 140 Å². The molecule has 1 aromatic carbocycles. The lowest BCUT2D eigenvalue weighted by Crippen LogP contribution is -2.36. The largest absolute Gasteiger partial charge is 0.378 e. The SMILES string of the molecule is N#Cc1cccc(C(=O)NCc2ccnc(N3CCOCC3)c2)c1. The van der Waals surface area contributed by atoms with Gasteiger partial charge in [-0.15, -0.1) is 0 Å². The number of hydrogen-bond acceptors (Lipinski definition) is 5. The average Bonchev–Trinajstić information content (AvgIpc) is 2.67. The predicted octanol–water partition coefficient (Wildman–Crippen LogP) is 1.72. The van der Waals surface area contributed by atoms with Crippen LogP contribution in [-0.4, -0.2) is 37.2 Å². The fraction of sp³-hybridized carbons (Fsp3) is 0.278. The van der Waals surface area contributed by atoms with Gasteiger partial charge in [0.05, 0.1) is 24.8 Å². The number of anilines is 1. The Morgan fingerprint density at radius 1 is 1.29 bits per heavy atom. The van der Waals surface area contributed by atoms with Crippen LogP contribution in [0.2, 0.25) is 0 Å². The molecule has 1 aromatic heterocycles. The van der Waals surface area contributed by atoms with Crippen molar-refractivity contribution < 1.29 is 9.53 Å². The molecule has 1 N–H and O–H groups in total. The lowest BCUT2D eigenvalue weighted by molar-refractivity contribution is 0.0951. The molecule has 6 nitrogen and oxygen atoms in total. The number of ether oxygens (including phenoxy) is 1. The van der Waals surface area contributed by atoms with Gasteiger partial charge < -0.3 is 15.0 Å². The normalized spacial score (nSPS) is 14.0. The van der Waals surface area contributed by atoms with Gasteiger partial charge in [-0.05, 0) is 35.9 Å². The van der Waals surface area contributed by atoms with Gasteiger partial charge in [-0.1, -0.05) is 6.07 Å². The van der Waals surface area contributed by atoms with E-state index in [1.54, 1.807) is 30.5 Å². The zero-order chi connectivity index (χ0) is 16.8. The molecular weight excluding hydrogens is 304 g/mol. The summed E-state index contributed by atoms with van der Waals surface area (Å²) in [6.07, 6.45) is 1.75. The van der Waals surface area contributed by atoms with Crippen molar-refractivity contribution in [3.63, 3.8) is 0 Å². The van der Waals surface area contributed by atoms with Crippen molar-refractivity contribution in [2.24, 2.45) is 0 Å². The standard InChI is InChI=1S/C18H18N4O2/c19-12-14-2-1-3-16(10-14)18(23)21-13-15-4-5-20-17(11-15)22-6-8-24-9-7-22/h1-5,10-11H,6-9,13H2,(H,21,23). The molecule has 3 rings (SSSR count). The molecule has 2 heterocycles. The van der Waals surface area contributed by atoms with Crippen LogP contribution in [0.4, 0.5) is 5.82 Å². The van der Waals surface area contributed by atoms with Gasteiger partial charge in [0, 0.05) is 31.4 Å². The molecule has 0 radical (unpaired) electrons. The van der Waals surface area contributed by atoms with Crippen LogP contribution in [0.5, 0.6) is 0 Å². The van der Waals surface area contributed by atoms with E-state index in [0.717, 1.165) is 24.5 Å². The van der Waals surface area contributed by atoms with Gasteiger partial charge in [0.1, 0.15) is 5.82 Å². The first-order valence-corrected chi connectivity index (χ1v) is 7.82. The third kappa shape index (κ3) is 3.89. The smallest absolute Gasteiger partial charge is 0.251 e. The van der Waals surface area contributed by atoms with Crippen LogP contribution >= 0.6 is 0 Å². The van der Waals surface area contributed by atoms with E-state index < -0.39 is 0 Å². The molecule has 1 aliphatic heterocycles. The number of nitrogens with zero attached hydrogens (tertiary/aromatic N) is 3. The number of rotatable bonds is 4. The van der Waals surface area contributed by atoms with E-state index in [1.807, 2.05) is 18.2 Å². The molecule has 0 atom stereocenters. The van der Waals surface area contributed by atoms with Gasteiger partial charge in [-0.25, -0.2) is 4.98 Å². The molecule has 24 heavy (non-hydrogen) atoms. The minimum Gasteiger partial charge on any atom is -0.378 e. The number of hydrogen-bond donors (Lipinski definition) is 1. The second-order valence-corrected chi connectivity index (χ2v) is 5.50. The van der Waals surface area contributed by atoms with Crippen LogP contribution in [-0.2, 0) is 11.3 Å². The van der Waals surface area contributed by atoms with Gasteiger partial charge in [0.15, 0.2) is 0 Å². The van der Waals surface area contributed by atoms with Crippen molar-refractivity contribution in [1.29, 1.82) is 5.26 Å². The van der Waals surface area contributed by atoms with Crippen molar-refractivity contribution in [1.82, 2.24) is 10.3 Å². The Morgan fingerprint density at radius 3 is 2.92 bits per heavy atom. The first-order valence-electron chi connectivity index (χ1n) is 7.82. The number of morpholine rings is 1. The maximum absolute atomic E-state index is 12.2. The van der Waals surface area contributed by atoms with Gasteiger partial charge in [-0.3, -0.25) is 4.79 Å². The number of carbonyl (C=O) groups is 1. The molecule has 1 amide bonds. The van der Waals surface area contributed by atoms with Crippen LogP contribution in [0.25, 0.3) is 0 Å². The molecule has 0 unspecified atom stereocenters. The second-order valence-electron chi connectivity index (χ2n) is 5.50. The van der Waals surface area contributed by atoms with E-state index in [1.165, 1.54) is 0 Å². The Hall–Kier alpha value is -2.91. The molecule has 0 bridgehead atoms. The van der Waals surface area contributed by atoms with Crippen LogP contribution < -0.4 is 10.2 Å². The van der Waals surface area contributed by atoms with Gasteiger partial charge in [-0.2, -0.15) is 5.26 Å². The summed E-state index contributed by atoms with van der Waals surface area (Å²) < 4.78 is 5.35. The quantitative estimate of drug-likeness (QED) is 0.927. The molecular formula is C18H18N4O2. The van der Waals surface area contributed by atoms with Crippen molar-refractivity contribution in [3.8, 4) is 6.07 Å². The van der Waals surface area contributed by atoms with E-state index in [0.29, 0.717) is 30.9 Å².